The van der Waals surface area contributed by atoms with Crippen molar-refractivity contribution in [1.29, 1.82) is 0 Å². The van der Waals surface area contributed by atoms with Crippen molar-refractivity contribution >= 4 is 70.9 Å². The molecule has 4 aliphatic rings. The molecule has 0 aromatic heterocycles. The minimum atomic E-state index is -0.707. The quantitative estimate of drug-likeness (QED) is 0.105. The second kappa shape index (κ2) is 33.6. The first-order valence-corrected chi connectivity index (χ1v) is 23.2. The minimum absolute atomic E-state index is 0. The van der Waals surface area contributed by atoms with Crippen LogP contribution >= 0.6 is 0 Å². The minimum Gasteiger partial charge on any atom is -0.330 e. The predicted octanol–water partition coefficient (Wildman–Crippen LogP) is 0.334. The second-order valence-electron chi connectivity index (χ2n) is 16.5. The average molecular weight is 993 g/mol. The molecule has 21 heteroatoms. The zero-order valence-electron chi connectivity index (χ0n) is 41.3. The van der Waals surface area contributed by atoms with E-state index in [0.717, 1.165) is 56.3 Å². The molecule has 0 spiro atoms. The third-order valence-electron chi connectivity index (χ3n) is 10.8. The van der Waals surface area contributed by atoms with Gasteiger partial charge in [0.2, 0.25) is 11.8 Å². The Bertz CT molecular complexity index is 2110. The van der Waals surface area contributed by atoms with Crippen LogP contribution in [0.4, 0.5) is 0 Å². The fraction of sp³-hybridized carbons (Fsp3) is 0.510. The number of carbonyl (C=O) groups excluding carboxylic acids is 12. The summed E-state index contributed by atoms with van der Waals surface area (Å²) in [6.07, 6.45) is 12.3. The second-order valence-corrected chi connectivity index (χ2v) is 16.5. The molecule has 4 saturated heterocycles. The summed E-state index contributed by atoms with van der Waals surface area (Å²) < 4.78 is 0. The number of rotatable bonds is 19. The first-order valence-electron chi connectivity index (χ1n) is 23.2. The SMILES string of the molecule is CC1CC(=O)N(OC(=O)c2ccccc2)C1=O.CCCCCCCC(=O)CN1C(=O)CCC1=O.CCCCCCCC(=O)ON1C(=O)CC(C)C1=O.O=C(ON1C(=O)CCC1=O)c1ccccc1.[Na+].[Na+]. The number of hydrogen-bond acceptors (Lipinski definition) is 15. The molecular weight excluding hydrogens is 931 g/mol. The molecule has 2 atom stereocenters. The number of hydroxylamine groups is 6. The maximum Gasteiger partial charge on any atom is 1.00 e. The van der Waals surface area contributed by atoms with E-state index in [-0.39, 0.29) is 134 Å². The first-order chi connectivity index (χ1) is 32.5. The molecule has 70 heavy (non-hydrogen) atoms. The summed E-state index contributed by atoms with van der Waals surface area (Å²) in [7, 11) is 0. The van der Waals surface area contributed by atoms with Crippen LogP contribution in [0.5, 0.6) is 0 Å². The van der Waals surface area contributed by atoms with Gasteiger partial charge in [-0.1, -0.05) is 115 Å². The monoisotopic (exact) mass is 992 g/mol. The summed E-state index contributed by atoms with van der Waals surface area (Å²) in [5.41, 5.74) is 0.600. The predicted molar refractivity (Wildman–Crippen MR) is 240 cm³/mol. The van der Waals surface area contributed by atoms with E-state index in [1.165, 1.54) is 12.8 Å². The molecule has 2 aromatic rings. The van der Waals surface area contributed by atoms with Gasteiger partial charge in [-0.25, -0.2) is 14.4 Å². The molecule has 19 nitrogen and oxygen atoms in total. The summed E-state index contributed by atoms with van der Waals surface area (Å²) in [5.74, 6) is -5.86. The van der Waals surface area contributed by atoms with E-state index in [9.17, 15) is 57.5 Å². The number of hydrogen-bond donors (Lipinski definition) is 0. The third kappa shape index (κ3) is 21.2. The standard InChI is InChI=1S/C13H21NO4.C13H21NO3.C12H11NO4.C11H9NO4.2Na/c1-3-4-5-6-7-8-12(16)18-14-11(15)9-10(2)13(14)17;1-2-3-4-5-6-7-11(15)10-14-12(16)8-9-13(14)17;1-8-7-10(14)13(11(8)15)17-12(16)9-5-3-2-4-6-9;13-9-6-7-10(14)12(9)16-11(15)8-4-2-1-3-5-8;;/h10H,3-9H2,1-2H3;2-10H2,1H3;2-6,8H,7H2,1H3;1-5H,6-7H2;;/q;;;;2*+1. The van der Waals surface area contributed by atoms with Crippen LogP contribution in [0, 0.1) is 11.8 Å². The van der Waals surface area contributed by atoms with Crippen LogP contribution in [0.15, 0.2) is 60.7 Å². The summed E-state index contributed by atoms with van der Waals surface area (Å²) in [6.45, 7) is 7.54. The number of amides is 8. The van der Waals surface area contributed by atoms with E-state index >= 15 is 0 Å². The number of nitrogens with zero attached hydrogens (tertiary/aromatic N) is 4. The van der Waals surface area contributed by atoms with E-state index < -0.39 is 59.3 Å². The number of carbonyl (C=O) groups is 12. The zero-order chi connectivity index (χ0) is 50.2. The molecule has 4 aliphatic heterocycles. The van der Waals surface area contributed by atoms with Crippen molar-refractivity contribution in [3.05, 3.63) is 71.8 Å². The van der Waals surface area contributed by atoms with Crippen LogP contribution in [0.3, 0.4) is 0 Å². The molecule has 4 heterocycles. The van der Waals surface area contributed by atoms with Gasteiger partial charge < -0.3 is 14.5 Å². The number of ketones is 1. The Kier molecular flexibility index (Phi) is 30.3. The molecule has 8 amide bonds. The molecule has 2 unspecified atom stereocenters. The molecule has 2 aromatic carbocycles. The largest absolute Gasteiger partial charge is 1.00 e. The zero-order valence-corrected chi connectivity index (χ0v) is 45.3. The molecule has 6 rings (SSSR count). The van der Waals surface area contributed by atoms with Gasteiger partial charge in [0, 0.05) is 63.2 Å². The fourth-order valence-electron chi connectivity index (χ4n) is 6.78. The van der Waals surface area contributed by atoms with E-state index in [0.29, 0.717) is 32.7 Å². The number of unbranched alkanes of at least 4 members (excludes halogenated alkanes) is 8. The molecule has 0 N–H and O–H groups in total. The van der Waals surface area contributed by atoms with Gasteiger partial charge in [0.25, 0.3) is 35.4 Å². The first kappa shape index (κ1) is 63.1. The van der Waals surface area contributed by atoms with Gasteiger partial charge in [-0.05, 0) is 37.1 Å². The topological polar surface area (TPSA) is 245 Å². The maximum atomic E-state index is 11.6. The van der Waals surface area contributed by atoms with E-state index in [4.69, 9.17) is 14.5 Å². The average Bonchev–Trinajstić information content (AvgIpc) is 3.98. The molecule has 4 fully saturated rings. The van der Waals surface area contributed by atoms with Crippen molar-refractivity contribution in [3.63, 3.8) is 0 Å². The Labute approximate surface area is 452 Å². The molecule has 368 valence electrons. The van der Waals surface area contributed by atoms with Gasteiger partial charge >= 0.3 is 77.0 Å². The van der Waals surface area contributed by atoms with Crippen LogP contribution in [0.25, 0.3) is 0 Å². The van der Waals surface area contributed by atoms with Crippen LogP contribution in [-0.4, -0.2) is 97.6 Å². The maximum absolute atomic E-state index is 11.6. The van der Waals surface area contributed by atoms with Crippen LogP contribution < -0.4 is 59.1 Å². The summed E-state index contributed by atoms with van der Waals surface area (Å²) >= 11 is 0. The summed E-state index contributed by atoms with van der Waals surface area (Å²) in [5, 5.41) is 1.72. The van der Waals surface area contributed by atoms with Gasteiger partial charge in [-0.3, -0.25) is 48.1 Å². The van der Waals surface area contributed by atoms with Gasteiger partial charge in [-0.15, -0.1) is 15.2 Å². The molecule has 0 radical (unpaired) electrons. The van der Waals surface area contributed by atoms with Crippen molar-refractivity contribution in [2.24, 2.45) is 11.8 Å². The van der Waals surface area contributed by atoms with Crippen molar-refractivity contribution in [2.75, 3.05) is 6.54 Å². The number of likely N-dealkylation sites (tertiary alicyclic amines) is 1. The Morgan fingerprint density at radius 2 is 0.843 bits per heavy atom. The van der Waals surface area contributed by atoms with Gasteiger partial charge in [0.15, 0.2) is 5.78 Å². The van der Waals surface area contributed by atoms with Crippen molar-refractivity contribution in [1.82, 2.24) is 20.1 Å². The molecule has 0 aliphatic carbocycles. The fourth-order valence-corrected chi connectivity index (χ4v) is 6.78. The van der Waals surface area contributed by atoms with Crippen molar-refractivity contribution < 1.29 is 131 Å². The number of Topliss-reactive ketones (excluding diaryl/α,β-unsaturated/α-hetero) is 1. The van der Waals surface area contributed by atoms with E-state index in [1.54, 1.807) is 74.5 Å². The van der Waals surface area contributed by atoms with Crippen molar-refractivity contribution in [3.8, 4) is 0 Å². The Hall–Kier alpha value is -4.92. The number of benzene rings is 2. The smallest absolute Gasteiger partial charge is 0.330 e. The van der Waals surface area contributed by atoms with Gasteiger partial charge in [0.05, 0.1) is 17.7 Å². The van der Waals surface area contributed by atoms with E-state index in [1.807, 2.05) is 0 Å². The Morgan fingerprint density at radius 3 is 1.24 bits per heavy atom. The van der Waals surface area contributed by atoms with Crippen LogP contribution in [0.1, 0.15) is 164 Å². The Morgan fingerprint density at radius 1 is 0.471 bits per heavy atom. The number of imide groups is 4. The normalized spacial score (nSPS) is 17.1. The summed E-state index contributed by atoms with van der Waals surface area (Å²) in [4.78, 5) is 152. The Balaban J connectivity index is 0.000000462. The van der Waals surface area contributed by atoms with Crippen LogP contribution in [0.2, 0.25) is 0 Å². The molecule has 0 bridgehead atoms. The van der Waals surface area contributed by atoms with E-state index in [2.05, 4.69) is 13.8 Å². The van der Waals surface area contributed by atoms with Gasteiger partial charge in [0.1, 0.15) is 0 Å². The molecule has 0 saturated carbocycles. The molecular formula is C49H62N4Na2O15+2. The van der Waals surface area contributed by atoms with Crippen molar-refractivity contribution in [2.45, 2.75) is 143 Å². The van der Waals surface area contributed by atoms with Gasteiger partial charge in [-0.2, -0.15) is 0 Å². The summed E-state index contributed by atoms with van der Waals surface area (Å²) in [6, 6.07) is 16.4. The third-order valence-corrected chi connectivity index (χ3v) is 10.8. The van der Waals surface area contributed by atoms with Crippen LogP contribution in [-0.2, 0) is 62.5 Å².